The molecule has 0 radical (unpaired) electrons. The highest BCUT2D eigenvalue weighted by Crippen LogP contribution is 2.31. The van der Waals surface area contributed by atoms with Crippen LogP contribution in [-0.2, 0) is 0 Å². The molecule has 27 heavy (non-hydrogen) atoms. The zero-order valence-electron chi connectivity index (χ0n) is 15.4. The monoisotopic (exact) mass is 367 g/mol. The molecule has 8 nitrogen and oxygen atoms in total. The standard InChI is InChI=1S/C19H21N5O3/c1-4-27-14-7-5-13(6-8-14)21-19-23-18(12-20-24-19)22-16-10-9-15(25-2)11-17(16)26-3/h5-12H,4H2,1-3H3,(H2,21,22,23,24). The van der Waals surface area contributed by atoms with Crippen molar-refractivity contribution in [3.8, 4) is 17.2 Å². The van der Waals surface area contributed by atoms with Crippen molar-refractivity contribution in [2.75, 3.05) is 31.5 Å². The summed E-state index contributed by atoms with van der Waals surface area (Å²) in [6.07, 6.45) is 1.53. The summed E-state index contributed by atoms with van der Waals surface area (Å²) >= 11 is 0. The van der Waals surface area contributed by atoms with E-state index < -0.39 is 0 Å². The molecule has 1 aromatic heterocycles. The maximum Gasteiger partial charge on any atom is 0.249 e. The molecule has 0 spiro atoms. The summed E-state index contributed by atoms with van der Waals surface area (Å²) in [4.78, 5) is 4.43. The lowest BCUT2D eigenvalue weighted by Gasteiger charge is -2.12. The SMILES string of the molecule is CCOc1ccc(Nc2nncc(Nc3ccc(OC)cc3OC)n2)cc1. The average Bonchev–Trinajstić information content (AvgIpc) is 2.70. The second-order valence-corrected chi connectivity index (χ2v) is 5.44. The maximum absolute atomic E-state index is 5.43. The minimum Gasteiger partial charge on any atom is -0.497 e. The molecule has 2 aromatic carbocycles. The molecule has 0 saturated carbocycles. The van der Waals surface area contributed by atoms with Crippen molar-refractivity contribution < 1.29 is 14.2 Å². The lowest BCUT2D eigenvalue weighted by atomic mass is 10.2. The number of ether oxygens (including phenoxy) is 3. The number of hydrogen-bond acceptors (Lipinski definition) is 8. The van der Waals surface area contributed by atoms with E-state index in [0.717, 1.165) is 17.1 Å². The van der Waals surface area contributed by atoms with Crippen molar-refractivity contribution in [1.82, 2.24) is 15.2 Å². The summed E-state index contributed by atoms with van der Waals surface area (Å²) in [5.74, 6) is 3.05. The van der Waals surface area contributed by atoms with Crippen molar-refractivity contribution in [3.63, 3.8) is 0 Å². The van der Waals surface area contributed by atoms with Gasteiger partial charge in [0.25, 0.3) is 0 Å². The van der Waals surface area contributed by atoms with Crippen LogP contribution in [0.3, 0.4) is 0 Å². The van der Waals surface area contributed by atoms with Gasteiger partial charge in [-0.05, 0) is 43.3 Å². The first kappa shape index (κ1) is 18.2. The van der Waals surface area contributed by atoms with Crippen LogP contribution in [0.2, 0.25) is 0 Å². The summed E-state index contributed by atoms with van der Waals surface area (Å²) in [7, 11) is 3.20. The third-order valence-electron chi connectivity index (χ3n) is 3.65. The molecule has 0 amide bonds. The third-order valence-corrected chi connectivity index (χ3v) is 3.65. The molecule has 0 fully saturated rings. The maximum atomic E-state index is 5.43. The lowest BCUT2D eigenvalue weighted by Crippen LogP contribution is -2.03. The van der Waals surface area contributed by atoms with Gasteiger partial charge in [-0.2, -0.15) is 10.1 Å². The Bertz CT molecular complexity index is 887. The first-order chi connectivity index (χ1) is 13.2. The Kier molecular flexibility index (Phi) is 5.88. The van der Waals surface area contributed by atoms with Crippen LogP contribution in [0.5, 0.6) is 17.2 Å². The quantitative estimate of drug-likeness (QED) is 0.622. The molecule has 3 rings (SSSR count). The van der Waals surface area contributed by atoms with Crippen molar-refractivity contribution in [2.45, 2.75) is 6.92 Å². The molecule has 3 aromatic rings. The Hall–Kier alpha value is -3.55. The number of nitrogens with one attached hydrogen (secondary N) is 2. The highest BCUT2D eigenvalue weighted by atomic mass is 16.5. The Morgan fingerprint density at radius 1 is 0.926 bits per heavy atom. The molecule has 0 aliphatic rings. The van der Waals surface area contributed by atoms with Crippen LogP contribution < -0.4 is 24.8 Å². The van der Waals surface area contributed by atoms with Gasteiger partial charge in [0.15, 0.2) is 5.82 Å². The number of methoxy groups -OCH3 is 2. The van der Waals surface area contributed by atoms with Gasteiger partial charge in [0.2, 0.25) is 5.95 Å². The van der Waals surface area contributed by atoms with Gasteiger partial charge in [0.1, 0.15) is 17.2 Å². The van der Waals surface area contributed by atoms with Crippen molar-refractivity contribution in [2.24, 2.45) is 0 Å². The highest BCUT2D eigenvalue weighted by Gasteiger charge is 2.08. The molecule has 0 atom stereocenters. The van der Waals surface area contributed by atoms with Gasteiger partial charge in [-0.1, -0.05) is 0 Å². The van der Waals surface area contributed by atoms with Crippen molar-refractivity contribution >= 4 is 23.1 Å². The fourth-order valence-corrected chi connectivity index (χ4v) is 2.39. The van der Waals surface area contributed by atoms with Gasteiger partial charge in [-0.3, -0.25) is 0 Å². The second kappa shape index (κ2) is 8.70. The van der Waals surface area contributed by atoms with Gasteiger partial charge in [0.05, 0.1) is 32.7 Å². The summed E-state index contributed by atoms with van der Waals surface area (Å²) in [5.41, 5.74) is 1.57. The average molecular weight is 367 g/mol. The summed E-state index contributed by atoms with van der Waals surface area (Å²) in [6.45, 7) is 2.57. The second-order valence-electron chi connectivity index (χ2n) is 5.44. The topological polar surface area (TPSA) is 90.4 Å². The van der Waals surface area contributed by atoms with Crippen LogP contribution in [0.1, 0.15) is 6.92 Å². The Morgan fingerprint density at radius 3 is 2.41 bits per heavy atom. The minimum absolute atomic E-state index is 0.372. The molecule has 0 aliphatic heterocycles. The van der Waals surface area contributed by atoms with E-state index in [2.05, 4.69) is 25.8 Å². The molecule has 0 saturated heterocycles. The molecular weight excluding hydrogens is 346 g/mol. The van der Waals surface area contributed by atoms with Crippen LogP contribution in [0, 0.1) is 0 Å². The fourth-order valence-electron chi connectivity index (χ4n) is 2.39. The zero-order valence-corrected chi connectivity index (χ0v) is 15.4. The Balaban J connectivity index is 1.74. The van der Waals surface area contributed by atoms with E-state index in [0.29, 0.717) is 29.9 Å². The summed E-state index contributed by atoms with van der Waals surface area (Å²) in [5, 5.41) is 14.3. The van der Waals surface area contributed by atoms with Gasteiger partial charge < -0.3 is 24.8 Å². The largest absolute Gasteiger partial charge is 0.497 e. The lowest BCUT2D eigenvalue weighted by molar-refractivity contribution is 0.340. The van der Waals surface area contributed by atoms with Gasteiger partial charge in [-0.25, -0.2) is 0 Å². The van der Waals surface area contributed by atoms with Crippen molar-refractivity contribution in [3.05, 3.63) is 48.7 Å². The Morgan fingerprint density at radius 2 is 1.70 bits per heavy atom. The van der Waals surface area contributed by atoms with E-state index >= 15 is 0 Å². The Labute approximate surface area is 157 Å². The molecule has 0 bridgehead atoms. The molecule has 8 heteroatoms. The van der Waals surface area contributed by atoms with Gasteiger partial charge >= 0.3 is 0 Å². The summed E-state index contributed by atoms with van der Waals surface area (Å²) < 4.78 is 16.0. The molecule has 140 valence electrons. The predicted molar refractivity (Wildman–Crippen MR) is 104 cm³/mol. The van der Waals surface area contributed by atoms with Crippen LogP contribution in [0.4, 0.5) is 23.1 Å². The van der Waals surface area contributed by atoms with E-state index in [9.17, 15) is 0 Å². The number of nitrogens with zero attached hydrogens (tertiary/aromatic N) is 3. The number of hydrogen-bond donors (Lipinski definition) is 2. The van der Waals surface area contributed by atoms with Gasteiger partial charge in [-0.15, -0.1) is 5.10 Å². The van der Waals surface area contributed by atoms with Gasteiger partial charge in [0, 0.05) is 11.8 Å². The minimum atomic E-state index is 0.372. The van der Waals surface area contributed by atoms with Crippen LogP contribution in [0.25, 0.3) is 0 Å². The molecule has 1 heterocycles. The predicted octanol–water partition coefficient (Wildman–Crippen LogP) is 3.77. The van der Waals surface area contributed by atoms with E-state index in [-0.39, 0.29) is 0 Å². The number of benzene rings is 2. The van der Waals surface area contributed by atoms with E-state index in [1.807, 2.05) is 43.3 Å². The number of anilines is 4. The molecular formula is C19H21N5O3. The van der Waals surface area contributed by atoms with Crippen molar-refractivity contribution in [1.29, 1.82) is 0 Å². The zero-order chi connectivity index (χ0) is 19.1. The summed E-state index contributed by atoms with van der Waals surface area (Å²) in [6, 6.07) is 13.0. The highest BCUT2D eigenvalue weighted by molar-refractivity contribution is 5.66. The van der Waals surface area contributed by atoms with E-state index in [1.165, 1.54) is 6.20 Å². The first-order valence-electron chi connectivity index (χ1n) is 8.40. The molecule has 2 N–H and O–H groups in total. The first-order valence-corrected chi connectivity index (χ1v) is 8.40. The van der Waals surface area contributed by atoms with E-state index in [1.54, 1.807) is 20.3 Å². The smallest absolute Gasteiger partial charge is 0.249 e. The number of aromatic nitrogens is 3. The van der Waals surface area contributed by atoms with Crippen LogP contribution in [0.15, 0.2) is 48.7 Å². The number of rotatable bonds is 8. The van der Waals surface area contributed by atoms with Crippen LogP contribution in [-0.4, -0.2) is 36.0 Å². The molecule has 0 aliphatic carbocycles. The third kappa shape index (κ3) is 4.75. The van der Waals surface area contributed by atoms with Crippen LogP contribution >= 0.6 is 0 Å². The molecule has 0 unspecified atom stereocenters. The van der Waals surface area contributed by atoms with E-state index in [4.69, 9.17) is 14.2 Å². The fraction of sp³-hybridized carbons (Fsp3) is 0.211. The normalized spacial score (nSPS) is 10.2.